The molecule has 0 saturated carbocycles. The molecule has 1 amide bonds. The lowest BCUT2D eigenvalue weighted by atomic mass is 9.95. The molecule has 92 valence electrons. The van der Waals surface area contributed by atoms with Crippen LogP contribution in [0, 0.1) is 11.8 Å². The minimum absolute atomic E-state index is 0.329. The van der Waals surface area contributed by atoms with Gasteiger partial charge in [0.25, 0.3) is 0 Å². The zero-order valence-electron chi connectivity index (χ0n) is 9.48. The SMILES string of the molecule is CC(C(=O)O)C(C)C(=O)Nc1ccc(Cl)nc1. The largest absolute Gasteiger partial charge is 0.481 e. The lowest BCUT2D eigenvalue weighted by molar-refractivity contribution is -0.145. The quantitative estimate of drug-likeness (QED) is 0.808. The first-order chi connectivity index (χ1) is 7.91. The summed E-state index contributed by atoms with van der Waals surface area (Å²) in [5, 5.41) is 11.7. The average molecular weight is 257 g/mol. The van der Waals surface area contributed by atoms with Crippen molar-refractivity contribution in [3.05, 3.63) is 23.5 Å². The Hall–Kier alpha value is -1.62. The second-order valence-corrected chi connectivity index (χ2v) is 4.16. The highest BCUT2D eigenvalue weighted by Crippen LogP contribution is 2.15. The number of aromatic nitrogens is 1. The van der Waals surface area contributed by atoms with E-state index in [2.05, 4.69) is 10.3 Å². The summed E-state index contributed by atoms with van der Waals surface area (Å²) in [6.07, 6.45) is 1.42. The van der Waals surface area contributed by atoms with E-state index >= 15 is 0 Å². The second kappa shape index (κ2) is 5.63. The first kappa shape index (κ1) is 13.4. The van der Waals surface area contributed by atoms with Crippen molar-refractivity contribution in [1.29, 1.82) is 0 Å². The van der Waals surface area contributed by atoms with E-state index in [0.717, 1.165) is 0 Å². The van der Waals surface area contributed by atoms with E-state index in [1.165, 1.54) is 13.1 Å². The van der Waals surface area contributed by atoms with Crippen molar-refractivity contribution in [2.24, 2.45) is 11.8 Å². The number of halogens is 1. The molecule has 2 unspecified atom stereocenters. The molecule has 5 nitrogen and oxygen atoms in total. The van der Waals surface area contributed by atoms with E-state index in [0.29, 0.717) is 10.8 Å². The number of aliphatic carboxylic acids is 1. The fourth-order valence-corrected chi connectivity index (χ4v) is 1.26. The van der Waals surface area contributed by atoms with Gasteiger partial charge >= 0.3 is 5.97 Å². The number of carboxylic acids is 1. The highest BCUT2D eigenvalue weighted by molar-refractivity contribution is 6.29. The zero-order chi connectivity index (χ0) is 13.0. The van der Waals surface area contributed by atoms with Gasteiger partial charge in [0.15, 0.2) is 0 Å². The first-order valence-electron chi connectivity index (χ1n) is 5.07. The third-order valence-electron chi connectivity index (χ3n) is 2.55. The Balaban J connectivity index is 2.66. The van der Waals surface area contributed by atoms with Gasteiger partial charge in [0.05, 0.1) is 17.8 Å². The van der Waals surface area contributed by atoms with Crippen LogP contribution in [0.15, 0.2) is 18.3 Å². The highest BCUT2D eigenvalue weighted by Gasteiger charge is 2.25. The van der Waals surface area contributed by atoms with E-state index < -0.39 is 17.8 Å². The smallest absolute Gasteiger partial charge is 0.307 e. The summed E-state index contributed by atoms with van der Waals surface area (Å²) in [6, 6.07) is 3.15. The Morgan fingerprint density at radius 3 is 2.47 bits per heavy atom. The van der Waals surface area contributed by atoms with Gasteiger partial charge in [-0.25, -0.2) is 4.98 Å². The number of nitrogens with zero attached hydrogens (tertiary/aromatic N) is 1. The summed E-state index contributed by atoms with van der Waals surface area (Å²) in [7, 11) is 0. The van der Waals surface area contributed by atoms with E-state index in [4.69, 9.17) is 16.7 Å². The van der Waals surface area contributed by atoms with E-state index in [9.17, 15) is 9.59 Å². The summed E-state index contributed by atoms with van der Waals surface area (Å²) in [6.45, 7) is 3.06. The van der Waals surface area contributed by atoms with Crippen LogP contribution < -0.4 is 5.32 Å². The molecule has 0 aliphatic heterocycles. The second-order valence-electron chi connectivity index (χ2n) is 3.77. The fraction of sp³-hybridized carbons (Fsp3) is 0.364. The maximum atomic E-state index is 11.7. The molecule has 1 rings (SSSR count). The van der Waals surface area contributed by atoms with Gasteiger partial charge < -0.3 is 10.4 Å². The molecule has 0 aliphatic rings. The van der Waals surface area contributed by atoms with Gasteiger partial charge in [-0.1, -0.05) is 25.4 Å². The van der Waals surface area contributed by atoms with E-state index in [1.54, 1.807) is 19.1 Å². The predicted octanol–water partition coefficient (Wildman–Crippen LogP) is 2.03. The molecule has 0 aromatic carbocycles. The lowest BCUT2D eigenvalue weighted by Gasteiger charge is -2.15. The van der Waals surface area contributed by atoms with Gasteiger partial charge in [0, 0.05) is 5.92 Å². The molecular formula is C11H13ClN2O3. The molecule has 1 aromatic heterocycles. The van der Waals surface area contributed by atoms with Gasteiger partial charge in [-0.3, -0.25) is 9.59 Å². The Kier molecular flexibility index (Phi) is 4.45. The minimum atomic E-state index is -0.998. The summed E-state index contributed by atoms with van der Waals surface area (Å²) >= 11 is 5.60. The van der Waals surface area contributed by atoms with E-state index in [1.807, 2.05) is 0 Å². The third-order valence-corrected chi connectivity index (χ3v) is 2.77. The normalized spacial score (nSPS) is 13.8. The maximum absolute atomic E-state index is 11.7. The average Bonchev–Trinajstić information content (AvgIpc) is 2.30. The van der Waals surface area contributed by atoms with Gasteiger partial charge in [-0.2, -0.15) is 0 Å². The van der Waals surface area contributed by atoms with Gasteiger partial charge in [-0.05, 0) is 12.1 Å². The van der Waals surface area contributed by atoms with Crippen molar-refractivity contribution >= 4 is 29.2 Å². The number of carbonyl (C=O) groups excluding carboxylic acids is 1. The van der Waals surface area contributed by atoms with Crippen molar-refractivity contribution in [3.8, 4) is 0 Å². The standard InChI is InChI=1S/C11H13ClN2O3/c1-6(7(2)11(16)17)10(15)14-8-3-4-9(12)13-5-8/h3-7H,1-2H3,(H,14,15)(H,16,17). The molecule has 6 heteroatoms. The van der Waals surface area contributed by atoms with Crippen molar-refractivity contribution in [1.82, 2.24) is 4.98 Å². The van der Waals surface area contributed by atoms with Crippen LogP contribution in [0.1, 0.15) is 13.8 Å². The van der Waals surface area contributed by atoms with Gasteiger partial charge in [0.2, 0.25) is 5.91 Å². The number of carboxylic acid groups (broad SMARTS) is 1. The summed E-state index contributed by atoms with van der Waals surface area (Å²) in [5.74, 6) is -2.72. The number of nitrogens with one attached hydrogen (secondary N) is 1. The minimum Gasteiger partial charge on any atom is -0.481 e. The molecule has 0 radical (unpaired) electrons. The number of hydrogen-bond donors (Lipinski definition) is 2. The molecule has 2 atom stereocenters. The molecule has 0 saturated heterocycles. The monoisotopic (exact) mass is 256 g/mol. The number of carbonyl (C=O) groups is 2. The van der Waals surface area contributed by atoms with Gasteiger partial charge in [0.1, 0.15) is 5.15 Å². The molecule has 0 spiro atoms. The van der Waals surface area contributed by atoms with Crippen LogP contribution in [0.2, 0.25) is 5.15 Å². The van der Waals surface area contributed by atoms with Crippen LogP contribution in [0.4, 0.5) is 5.69 Å². The van der Waals surface area contributed by atoms with Crippen LogP contribution in [0.5, 0.6) is 0 Å². The Morgan fingerprint density at radius 2 is 2.00 bits per heavy atom. The third kappa shape index (κ3) is 3.71. The molecule has 17 heavy (non-hydrogen) atoms. The zero-order valence-corrected chi connectivity index (χ0v) is 10.2. The van der Waals surface area contributed by atoms with Crippen LogP contribution in [0.3, 0.4) is 0 Å². The summed E-state index contributed by atoms with van der Waals surface area (Å²) in [5.41, 5.74) is 0.490. The van der Waals surface area contributed by atoms with Crippen LogP contribution >= 0.6 is 11.6 Å². The predicted molar refractivity (Wildman–Crippen MR) is 63.8 cm³/mol. The Bertz CT molecular complexity index is 419. The molecule has 2 N–H and O–H groups in total. The first-order valence-corrected chi connectivity index (χ1v) is 5.45. The molecule has 0 aliphatic carbocycles. The lowest BCUT2D eigenvalue weighted by Crippen LogP contribution is -2.29. The molecule has 0 fully saturated rings. The van der Waals surface area contributed by atoms with Crippen molar-refractivity contribution in [3.63, 3.8) is 0 Å². The number of amides is 1. The number of anilines is 1. The molecule has 1 heterocycles. The van der Waals surface area contributed by atoms with Crippen molar-refractivity contribution < 1.29 is 14.7 Å². The fourth-order valence-electron chi connectivity index (χ4n) is 1.15. The number of pyridine rings is 1. The number of rotatable bonds is 4. The summed E-state index contributed by atoms with van der Waals surface area (Å²) in [4.78, 5) is 26.2. The van der Waals surface area contributed by atoms with Gasteiger partial charge in [-0.15, -0.1) is 0 Å². The topological polar surface area (TPSA) is 79.3 Å². The van der Waals surface area contributed by atoms with Crippen molar-refractivity contribution in [2.75, 3.05) is 5.32 Å². The highest BCUT2D eigenvalue weighted by atomic mass is 35.5. The molecule has 1 aromatic rings. The maximum Gasteiger partial charge on any atom is 0.307 e. The number of hydrogen-bond acceptors (Lipinski definition) is 3. The Labute approximate surface area is 104 Å². The molecule has 0 bridgehead atoms. The van der Waals surface area contributed by atoms with Crippen LogP contribution in [0.25, 0.3) is 0 Å². The Morgan fingerprint density at radius 1 is 1.35 bits per heavy atom. The van der Waals surface area contributed by atoms with Crippen LogP contribution in [-0.4, -0.2) is 22.0 Å². The van der Waals surface area contributed by atoms with Crippen LogP contribution in [-0.2, 0) is 9.59 Å². The molecular weight excluding hydrogens is 244 g/mol. The van der Waals surface area contributed by atoms with E-state index in [-0.39, 0.29) is 5.91 Å². The van der Waals surface area contributed by atoms with Crippen molar-refractivity contribution in [2.45, 2.75) is 13.8 Å². The summed E-state index contributed by atoms with van der Waals surface area (Å²) < 4.78 is 0.